The highest BCUT2D eigenvalue weighted by Crippen LogP contribution is 2.28. The first kappa shape index (κ1) is 17.0. The Balaban J connectivity index is 2.05. The van der Waals surface area contributed by atoms with Crippen molar-refractivity contribution >= 4 is 5.91 Å². The van der Waals surface area contributed by atoms with Crippen LogP contribution in [-0.2, 0) is 11.0 Å². The average molecular weight is 324 g/mol. The first-order valence-corrected chi connectivity index (χ1v) is 6.85. The summed E-state index contributed by atoms with van der Waals surface area (Å²) in [5, 5.41) is 12.5. The van der Waals surface area contributed by atoms with Crippen molar-refractivity contribution in [1.82, 2.24) is 10.3 Å². The van der Waals surface area contributed by atoms with Gasteiger partial charge in [0, 0.05) is 11.8 Å². The minimum atomic E-state index is -4.56. The number of alkyl halides is 3. The highest BCUT2D eigenvalue weighted by molar-refractivity contribution is 5.82. The van der Waals surface area contributed by atoms with Gasteiger partial charge in [0.25, 0.3) is 5.91 Å². The number of aliphatic hydroxyl groups is 1. The van der Waals surface area contributed by atoms with Crippen molar-refractivity contribution in [3.8, 4) is 0 Å². The van der Waals surface area contributed by atoms with E-state index in [1.54, 1.807) is 6.92 Å². The van der Waals surface area contributed by atoms with E-state index in [9.17, 15) is 23.1 Å². The van der Waals surface area contributed by atoms with Gasteiger partial charge in [0.1, 0.15) is 5.69 Å². The maximum Gasteiger partial charge on any atom is 0.433 e. The lowest BCUT2D eigenvalue weighted by molar-refractivity contribution is -0.141. The molecule has 7 heteroatoms. The molecular formula is C16H15F3N2O2. The molecule has 1 aromatic heterocycles. The molecule has 0 fully saturated rings. The Kier molecular flexibility index (Phi) is 5.00. The highest BCUT2D eigenvalue weighted by Gasteiger charge is 2.32. The Bertz CT molecular complexity index is 657. The van der Waals surface area contributed by atoms with Crippen LogP contribution in [0.3, 0.4) is 0 Å². The maximum atomic E-state index is 12.4. The van der Waals surface area contributed by atoms with Crippen LogP contribution in [0.2, 0.25) is 0 Å². The van der Waals surface area contributed by atoms with Crippen molar-refractivity contribution in [2.75, 3.05) is 0 Å². The molecule has 2 aromatic rings. The second kappa shape index (κ2) is 6.78. The summed E-state index contributed by atoms with van der Waals surface area (Å²) in [4.78, 5) is 15.2. The number of hydrogen-bond acceptors (Lipinski definition) is 3. The third-order valence-electron chi connectivity index (χ3n) is 3.30. The fraction of sp³-hybridized carbons (Fsp3) is 0.250. The number of nitrogens with zero attached hydrogens (tertiary/aromatic N) is 1. The third-order valence-corrected chi connectivity index (χ3v) is 3.30. The van der Waals surface area contributed by atoms with Crippen LogP contribution in [0.1, 0.15) is 35.9 Å². The highest BCUT2D eigenvalue weighted by atomic mass is 19.4. The average Bonchev–Trinajstić information content (AvgIpc) is 2.54. The molecule has 0 saturated carbocycles. The van der Waals surface area contributed by atoms with Gasteiger partial charge < -0.3 is 10.4 Å². The van der Waals surface area contributed by atoms with Crippen molar-refractivity contribution < 1.29 is 23.1 Å². The van der Waals surface area contributed by atoms with E-state index in [1.165, 1.54) is 0 Å². The minimum Gasteiger partial charge on any atom is -0.378 e. The fourth-order valence-electron chi connectivity index (χ4n) is 2.00. The zero-order valence-electron chi connectivity index (χ0n) is 12.2. The molecule has 4 nitrogen and oxygen atoms in total. The summed E-state index contributed by atoms with van der Waals surface area (Å²) in [5.74, 6) is -0.706. The number of halogens is 3. The molecular weight excluding hydrogens is 309 g/mol. The van der Waals surface area contributed by atoms with Crippen LogP contribution >= 0.6 is 0 Å². The molecule has 2 rings (SSSR count). The third kappa shape index (κ3) is 4.29. The maximum absolute atomic E-state index is 12.4. The predicted octanol–water partition coefficient (Wildman–Crippen LogP) is 3.01. The van der Waals surface area contributed by atoms with E-state index < -0.39 is 23.9 Å². The van der Waals surface area contributed by atoms with Gasteiger partial charge in [-0.3, -0.25) is 9.78 Å². The Morgan fingerprint density at radius 2 is 1.78 bits per heavy atom. The van der Waals surface area contributed by atoms with Crippen molar-refractivity contribution in [3.63, 3.8) is 0 Å². The first-order valence-electron chi connectivity index (χ1n) is 6.85. The summed E-state index contributed by atoms with van der Waals surface area (Å²) >= 11 is 0. The molecule has 0 unspecified atom stereocenters. The molecule has 2 atom stereocenters. The number of hydrogen-bond donors (Lipinski definition) is 2. The first-order chi connectivity index (χ1) is 10.8. The zero-order valence-corrected chi connectivity index (χ0v) is 12.2. The molecule has 0 aliphatic rings. The fourth-order valence-corrected chi connectivity index (χ4v) is 2.00. The number of carbonyl (C=O) groups is 1. The van der Waals surface area contributed by atoms with Crippen molar-refractivity contribution in [2.45, 2.75) is 25.2 Å². The molecule has 0 spiro atoms. The summed E-state index contributed by atoms with van der Waals surface area (Å²) in [6.45, 7) is 1.74. The van der Waals surface area contributed by atoms with E-state index in [2.05, 4.69) is 10.3 Å². The molecule has 2 N–H and O–H groups in total. The number of amides is 1. The second-order valence-corrected chi connectivity index (χ2v) is 5.02. The summed E-state index contributed by atoms with van der Waals surface area (Å²) in [5.41, 5.74) is -0.235. The van der Waals surface area contributed by atoms with Crippen molar-refractivity contribution in [1.29, 1.82) is 0 Å². The molecule has 23 heavy (non-hydrogen) atoms. The van der Waals surface area contributed by atoms with Gasteiger partial charge in [-0.15, -0.1) is 0 Å². The molecule has 1 aromatic carbocycles. The monoisotopic (exact) mass is 324 g/mol. The van der Waals surface area contributed by atoms with E-state index in [0.29, 0.717) is 0 Å². The zero-order chi connectivity index (χ0) is 17.0. The molecule has 1 amide bonds. The quantitative estimate of drug-likeness (QED) is 0.909. The van der Waals surface area contributed by atoms with Crippen LogP contribution in [0.15, 0.2) is 48.7 Å². The van der Waals surface area contributed by atoms with E-state index >= 15 is 0 Å². The Morgan fingerprint density at radius 1 is 1.13 bits per heavy atom. The summed E-state index contributed by atoms with van der Waals surface area (Å²) in [6, 6.07) is 10.5. The summed E-state index contributed by atoms with van der Waals surface area (Å²) < 4.78 is 37.3. The van der Waals surface area contributed by atoms with Gasteiger partial charge in [0.2, 0.25) is 0 Å². The van der Waals surface area contributed by atoms with Crippen LogP contribution in [-0.4, -0.2) is 16.0 Å². The molecule has 0 aliphatic heterocycles. The number of rotatable bonds is 4. The number of aliphatic hydroxyl groups excluding tert-OH is 1. The number of benzene rings is 1. The Morgan fingerprint density at radius 3 is 2.30 bits per heavy atom. The normalized spacial score (nSPS) is 14.1. The lowest BCUT2D eigenvalue weighted by atomic mass is 10.1. The van der Waals surface area contributed by atoms with E-state index in [1.807, 2.05) is 30.3 Å². The van der Waals surface area contributed by atoms with Gasteiger partial charge in [0.05, 0.1) is 6.04 Å². The van der Waals surface area contributed by atoms with Crippen LogP contribution < -0.4 is 5.32 Å². The minimum absolute atomic E-state index is 0.00392. The largest absolute Gasteiger partial charge is 0.433 e. The van der Waals surface area contributed by atoms with Gasteiger partial charge in [-0.25, -0.2) is 0 Å². The molecule has 0 aliphatic carbocycles. The Hall–Kier alpha value is -2.41. The van der Waals surface area contributed by atoms with Crippen LogP contribution in [0.25, 0.3) is 0 Å². The topological polar surface area (TPSA) is 62.2 Å². The van der Waals surface area contributed by atoms with E-state index in [0.717, 1.165) is 23.9 Å². The summed E-state index contributed by atoms with van der Waals surface area (Å²) in [7, 11) is 0. The van der Waals surface area contributed by atoms with Crippen molar-refractivity contribution in [3.05, 3.63) is 65.5 Å². The van der Waals surface area contributed by atoms with E-state index in [-0.39, 0.29) is 11.6 Å². The van der Waals surface area contributed by atoms with E-state index in [4.69, 9.17) is 0 Å². The molecule has 1 heterocycles. The molecule has 0 saturated heterocycles. The predicted molar refractivity (Wildman–Crippen MR) is 77.2 cm³/mol. The van der Waals surface area contributed by atoms with Gasteiger partial charge in [-0.1, -0.05) is 36.4 Å². The molecule has 122 valence electrons. The Labute approximate surface area is 131 Å². The summed E-state index contributed by atoms with van der Waals surface area (Å²) in [6.07, 6.45) is -5.30. The van der Waals surface area contributed by atoms with Gasteiger partial charge in [-0.2, -0.15) is 13.2 Å². The SMILES string of the molecule is C[C@@H](NC(=O)[C@H](O)c1ccc(C(F)(F)F)nc1)c1ccccc1. The number of nitrogens with one attached hydrogen (secondary N) is 1. The van der Waals surface area contributed by atoms with Gasteiger partial charge >= 0.3 is 6.18 Å². The number of pyridine rings is 1. The smallest absolute Gasteiger partial charge is 0.378 e. The lowest BCUT2D eigenvalue weighted by Gasteiger charge is -2.17. The van der Waals surface area contributed by atoms with Crippen LogP contribution in [0.5, 0.6) is 0 Å². The van der Waals surface area contributed by atoms with Gasteiger partial charge in [0.15, 0.2) is 6.10 Å². The number of carbonyl (C=O) groups excluding carboxylic acids is 1. The van der Waals surface area contributed by atoms with Gasteiger partial charge in [-0.05, 0) is 18.6 Å². The van der Waals surface area contributed by atoms with Crippen LogP contribution in [0, 0.1) is 0 Å². The standard InChI is InChI=1S/C16H15F3N2O2/c1-10(11-5-3-2-4-6-11)21-15(23)14(22)12-7-8-13(20-9-12)16(17,18)19/h2-10,14,22H,1H3,(H,21,23)/t10-,14-/m1/s1. The molecule has 0 radical (unpaired) electrons. The lowest BCUT2D eigenvalue weighted by Crippen LogP contribution is -2.31. The van der Waals surface area contributed by atoms with Crippen LogP contribution in [0.4, 0.5) is 13.2 Å². The second-order valence-electron chi connectivity index (χ2n) is 5.02. The number of aromatic nitrogens is 1. The van der Waals surface area contributed by atoms with Crippen molar-refractivity contribution in [2.24, 2.45) is 0 Å². The molecule has 0 bridgehead atoms.